The lowest BCUT2D eigenvalue weighted by Crippen LogP contribution is -2.17. The molecule has 0 aliphatic heterocycles. The number of hydrogen-bond acceptors (Lipinski definition) is 3. The van der Waals surface area contributed by atoms with Gasteiger partial charge in [-0.25, -0.2) is 0 Å². The van der Waals surface area contributed by atoms with E-state index in [0.717, 1.165) is 35.7 Å². The van der Waals surface area contributed by atoms with E-state index in [-0.39, 0.29) is 0 Å². The lowest BCUT2D eigenvalue weighted by atomic mass is 10.1. The van der Waals surface area contributed by atoms with Crippen LogP contribution >= 0.6 is 11.8 Å². The molecule has 88 valence electrons. The van der Waals surface area contributed by atoms with Gasteiger partial charge in [0.25, 0.3) is 0 Å². The molecule has 0 saturated carbocycles. The molecule has 0 atom stereocenters. The Bertz CT molecular complexity index is 441. The minimum Gasteiger partial charge on any atom is -0.312 e. The third-order valence-corrected chi connectivity index (χ3v) is 3.26. The molecular weight excluding hydrogens is 228 g/mol. The van der Waals surface area contributed by atoms with Crippen LogP contribution in [0.1, 0.15) is 16.7 Å². The van der Waals surface area contributed by atoms with Crippen LogP contribution in [0.25, 0.3) is 0 Å². The zero-order valence-electron chi connectivity index (χ0n) is 9.99. The van der Waals surface area contributed by atoms with Gasteiger partial charge in [-0.1, -0.05) is 12.0 Å². The molecule has 17 heavy (non-hydrogen) atoms. The van der Waals surface area contributed by atoms with Gasteiger partial charge in [-0.05, 0) is 30.2 Å². The van der Waals surface area contributed by atoms with Crippen LogP contribution in [-0.4, -0.2) is 18.1 Å². The third kappa shape index (κ3) is 4.95. The molecule has 0 unspecified atom stereocenters. The van der Waals surface area contributed by atoms with E-state index in [1.165, 1.54) is 5.56 Å². The summed E-state index contributed by atoms with van der Waals surface area (Å²) in [6.45, 7) is 3.82. The van der Waals surface area contributed by atoms with Gasteiger partial charge in [-0.2, -0.15) is 5.26 Å². The van der Waals surface area contributed by atoms with Crippen molar-refractivity contribution >= 4 is 11.8 Å². The average Bonchev–Trinajstić information content (AvgIpc) is 2.35. The van der Waals surface area contributed by atoms with Crippen LogP contribution in [0.4, 0.5) is 0 Å². The summed E-state index contributed by atoms with van der Waals surface area (Å²) in [6, 6.07) is 7.93. The first-order valence-corrected chi connectivity index (χ1v) is 6.65. The second-order valence-corrected chi connectivity index (χ2v) is 4.79. The minimum absolute atomic E-state index is 0.718. The minimum atomic E-state index is 0.718. The Balaban J connectivity index is 2.33. The highest BCUT2D eigenvalue weighted by Gasteiger charge is 1.99. The van der Waals surface area contributed by atoms with Crippen LogP contribution in [-0.2, 0) is 6.54 Å². The Morgan fingerprint density at radius 3 is 2.94 bits per heavy atom. The Hall–Kier alpha value is -1.42. The van der Waals surface area contributed by atoms with Crippen LogP contribution in [0.3, 0.4) is 0 Å². The summed E-state index contributed by atoms with van der Waals surface area (Å²) in [7, 11) is 0. The largest absolute Gasteiger partial charge is 0.312 e. The number of nitrogens with one attached hydrogen (secondary N) is 1. The molecule has 1 N–H and O–H groups in total. The number of nitriles is 1. The molecule has 0 bridgehead atoms. The lowest BCUT2D eigenvalue weighted by Gasteiger charge is -2.07. The maximum Gasteiger partial charge on any atom is 0.0991 e. The molecule has 0 fully saturated rings. The van der Waals surface area contributed by atoms with E-state index in [2.05, 4.69) is 17.3 Å². The summed E-state index contributed by atoms with van der Waals surface area (Å²) in [5, 5.41) is 12.1. The average molecular weight is 244 g/mol. The second-order valence-electron chi connectivity index (χ2n) is 3.69. The number of rotatable bonds is 6. The number of nitrogens with zero attached hydrogens (tertiary/aromatic N) is 1. The Morgan fingerprint density at radius 2 is 2.29 bits per heavy atom. The number of benzene rings is 1. The summed E-state index contributed by atoms with van der Waals surface area (Å²) in [4.78, 5) is 0. The molecule has 0 radical (unpaired) electrons. The van der Waals surface area contributed by atoms with Crippen LogP contribution in [0.2, 0.25) is 0 Å². The van der Waals surface area contributed by atoms with Gasteiger partial charge < -0.3 is 5.32 Å². The van der Waals surface area contributed by atoms with Crippen LogP contribution < -0.4 is 5.32 Å². The van der Waals surface area contributed by atoms with Gasteiger partial charge in [-0.15, -0.1) is 18.2 Å². The molecule has 3 heteroatoms. The predicted molar refractivity (Wildman–Crippen MR) is 73.8 cm³/mol. The highest BCUT2D eigenvalue weighted by atomic mass is 32.2. The first kappa shape index (κ1) is 13.6. The van der Waals surface area contributed by atoms with Crippen molar-refractivity contribution in [1.29, 1.82) is 5.26 Å². The quantitative estimate of drug-likeness (QED) is 0.616. The molecule has 1 rings (SSSR count). The summed E-state index contributed by atoms with van der Waals surface area (Å²) < 4.78 is 0. The van der Waals surface area contributed by atoms with Gasteiger partial charge in [0.1, 0.15) is 0 Å². The molecule has 0 aliphatic rings. The molecule has 0 heterocycles. The standard InChI is InChI=1S/C14H16N2S/c1-3-7-17-8-6-16-11-14-5-4-13(10-15)9-12(14)2/h1,4-5,9,16H,6-8,11H2,2H3. The zero-order valence-corrected chi connectivity index (χ0v) is 10.8. The van der Waals surface area contributed by atoms with Crippen molar-refractivity contribution in [2.75, 3.05) is 18.1 Å². The number of aryl methyl sites for hydroxylation is 1. The molecule has 0 amide bonds. The molecule has 0 saturated heterocycles. The van der Waals surface area contributed by atoms with E-state index >= 15 is 0 Å². The topological polar surface area (TPSA) is 35.8 Å². The fourth-order valence-corrected chi connectivity index (χ4v) is 2.01. The molecule has 1 aromatic carbocycles. The lowest BCUT2D eigenvalue weighted by molar-refractivity contribution is 0.729. The smallest absolute Gasteiger partial charge is 0.0991 e. The van der Waals surface area contributed by atoms with Gasteiger partial charge in [0.2, 0.25) is 0 Å². The fourth-order valence-electron chi connectivity index (χ4n) is 1.46. The predicted octanol–water partition coefficient (Wildman–Crippen LogP) is 2.32. The Labute approximate surface area is 107 Å². The van der Waals surface area contributed by atoms with E-state index in [0.29, 0.717) is 0 Å². The van der Waals surface area contributed by atoms with Crippen molar-refractivity contribution in [2.24, 2.45) is 0 Å². The molecular formula is C14H16N2S. The second kappa shape index (κ2) is 7.79. The highest BCUT2D eigenvalue weighted by Crippen LogP contribution is 2.10. The maximum absolute atomic E-state index is 8.76. The van der Waals surface area contributed by atoms with E-state index in [9.17, 15) is 0 Å². The van der Waals surface area contributed by atoms with Crippen molar-refractivity contribution in [2.45, 2.75) is 13.5 Å². The Morgan fingerprint density at radius 1 is 1.47 bits per heavy atom. The normalized spacial score (nSPS) is 9.59. The summed E-state index contributed by atoms with van der Waals surface area (Å²) in [5.74, 6) is 4.41. The molecule has 2 nitrogen and oxygen atoms in total. The van der Waals surface area contributed by atoms with E-state index < -0.39 is 0 Å². The van der Waals surface area contributed by atoms with E-state index in [1.807, 2.05) is 25.1 Å². The number of hydrogen-bond donors (Lipinski definition) is 1. The fraction of sp³-hybridized carbons (Fsp3) is 0.357. The number of thioether (sulfide) groups is 1. The molecule has 0 aliphatic carbocycles. The summed E-state index contributed by atoms with van der Waals surface area (Å²) in [5.41, 5.74) is 3.12. The molecule has 1 aromatic rings. The molecule has 0 spiro atoms. The van der Waals surface area contributed by atoms with Gasteiger partial charge in [0.05, 0.1) is 17.4 Å². The Kier molecular flexibility index (Phi) is 6.25. The van der Waals surface area contributed by atoms with Crippen LogP contribution in [0.15, 0.2) is 18.2 Å². The number of terminal acetylenes is 1. The SMILES string of the molecule is C#CCSCCNCc1ccc(C#N)cc1C. The van der Waals surface area contributed by atoms with E-state index in [4.69, 9.17) is 11.7 Å². The van der Waals surface area contributed by atoms with Crippen LogP contribution in [0.5, 0.6) is 0 Å². The van der Waals surface area contributed by atoms with Crippen molar-refractivity contribution < 1.29 is 0 Å². The van der Waals surface area contributed by atoms with E-state index in [1.54, 1.807) is 11.8 Å². The maximum atomic E-state index is 8.76. The van der Waals surface area contributed by atoms with Gasteiger partial charge in [-0.3, -0.25) is 0 Å². The van der Waals surface area contributed by atoms with Crippen LogP contribution in [0, 0.1) is 30.6 Å². The van der Waals surface area contributed by atoms with Gasteiger partial charge in [0, 0.05) is 18.8 Å². The first-order chi connectivity index (χ1) is 8.27. The highest BCUT2D eigenvalue weighted by molar-refractivity contribution is 7.99. The summed E-state index contributed by atoms with van der Waals surface area (Å²) >= 11 is 1.76. The van der Waals surface area contributed by atoms with Gasteiger partial charge in [0.15, 0.2) is 0 Å². The monoisotopic (exact) mass is 244 g/mol. The van der Waals surface area contributed by atoms with Crippen molar-refractivity contribution in [3.05, 3.63) is 34.9 Å². The third-order valence-electron chi connectivity index (χ3n) is 2.40. The molecule has 0 aromatic heterocycles. The summed E-state index contributed by atoms with van der Waals surface area (Å²) in [6.07, 6.45) is 5.16. The zero-order chi connectivity index (χ0) is 12.5. The first-order valence-electron chi connectivity index (χ1n) is 5.49. The van der Waals surface area contributed by atoms with Crippen molar-refractivity contribution in [1.82, 2.24) is 5.32 Å². The van der Waals surface area contributed by atoms with Crippen molar-refractivity contribution in [3.8, 4) is 18.4 Å². The van der Waals surface area contributed by atoms with Gasteiger partial charge >= 0.3 is 0 Å². The van der Waals surface area contributed by atoms with Crippen molar-refractivity contribution in [3.63, 3.8) is 0 Å².